The first-order valence-corrected chi connectivity index (χ1v) is 24.0. The number of esters is 1. The van der Waals surface area contributed by atoms with E-state index in [-0.39, 0.29) is 30.3 Å². The highest BCUT2D eigenvalue weighted by Crippen LogP contribution is 2.74. The number of allylic oxidation sites excluding steroid dienone is 1. The van der Waals surface area contributed by atoms with Crippen LogP contribution in [0.1, 0.15) is 100 Å². The van der Waals surface area contributed by atoms with Crippen LogP contribution in [0, 0.1) is 44.8 Å². The van der Waals surface area contributed by atoms with E-state index in [4.69, 9.17) is 33.2 Å². The minimum absolute atomic E-state index is 0.0218. The fourth-order valence-electron chi connectivity index (χ4n) is 14.4. The van der Waals surface area contributed by atoms with E-state index < -0.39 is 157 Å². The SMILES string of the molecule is C[C@@H]([C@@H](C)O[C@@H]1O[C@H](CO)[C@@H](O)[C@H](O)[C@H]1O)[C@H]1C[C@@]2(CC[C@]3(C)C(=CC[C@@H]4[C@@]5(C)C[C@@H](O)[C@H](O[C@@H]6OC[C@@H](O)[C@H](O)[C@H]6O[C@@H]6O[C@@H](C)[C@H](O)[C@@H](O)[C@H]6O)C(C)(C)[C@@H]5CC[C@]43C)[C@@H]2O)C(=O)O1. The van der Waals surface area contributed by atoms with E-state index in [9.17, 15) is 61.0 Å². The second-order valence-electron chi connectivity index (χ2n) is 22.6. The largest absolute Gasteiger partial charge is 0.461 e. The highest BCUT2D eigenvalue weighted by Gasteiger charge is 2.71. The molecule has 4 aliphatic carbocycles. The lowest BCUT2D eigenvalue weighted by Crippen LogP contribution is -2.68. The van der Waals surface area contributed by atoms with Gasteiger partial charge in [-0.2, -0.15) is 0 Å². The molecule has 8 aliphatic rings. The zero-order valence-electron chi connectivity index (χ0n) is 39.3. The van der Waals surface area contributed by atoms with Gasteiger partial charge in [-0.05, 0) is 91.4 Å². The Hall–Kier alpha value is -1.47. The Morgan fingerprint density at radius 2 is 1.41 bits per heavy atom. The summed E-state index contributed by atoms with van der Waals surface area (Å²) >= 11 is 0. The number of cyclic esters (lactones) is 1. The van der Waals surface area contributed by atoms with Crippen LogP contribution in [0.4, 0.5) is 0 Å². The maximum Gasteiger partial charge on any atom is 0.315 e. The molecular formula is C47H76O19. The van der Waals surface area contributed by atoms with Gasteiger partial charge in [0.05, 0.1) is 43.7 Å². The quantitative estimate of drug-likeness (QED) is 0.0760. The Bertz CT molecular complexity index is 1800. The smallest absolute Gasteiger partial charge is 0.315 e. The Balaban J connectivity index is 0.979. The first-order valence-electron chi connectivity index (χ1n) is 24.0. The number of ether oxygens (including phenoxy) is 7. The molecule has 1 spiro atoms. The molecule has 4 aliphatic heterocycles. The molecule has 0 aromatic carbocycles. The normalized spacial score (nSPS) is 54.7. The second kappa shape index (κ2) is 18.0. The van der Waals surface area contributed by atoms with Gasteiger partial charge in [0.2, 0.25) is 0 Å². The number of carbonyl (C=O) groups excluding carboxylic acids is 1. The Kier molecular flexibility index (Phi) is 13.9. The summed E-state index contributed by atoms with van der Waals surface area (Å²) in [4.78, 5) is 14.0. The fraction of sp³-hybridized carbons (Fsp3) is 0.936. The number of aliphatic hydroxyl groups is 11. The van der Waals surface area contributed by atoms with E-state index in [1.165, 1.54) is 6.92 Å². The third kappa shape index (κ3) is 7.77. The summed E-state index contributed by atoms with van der Waals surface area (Å²) < 4.78 is 41.8. The van der Waals surface area contributed by atoms with Crippen LogP contribution in [0.25, 0.3) is 0 Å². The minimum atomic E-state index is -1.68. The maximum absolute atomic E-state index is 14.0. The summed E-state index contributed by atoms with van der Waals surface area (Å²) in [7, 11) is 0. The van der Waals surface area contributed by atoms with Gasteiger partial charge in [-0.1, -0.05) is 47.6 Å². The molecule has 3 saturated carbocycles. The molecule has 66 heavy (non-hydrogen) atoms. The van der Waals surface area contributed by atoms with Crippen LogP contribution >= 0.6 is 0 Å². The van der Waals surface area contributed by atoms with Gasteiger partial charge in [-0.15, -0.1) is 0 Å². The molecule has 19 heteroatoms. The molecule has 26 atom stereocenters. The van der Waals surface area contributed by atoms with Crippen molar-refractivity contribution < 1.29 is 94.1 Å². The van der Waals surface area contributed by atoms with Gasteiger partial charge in [-0.25, -0.2) is 0 Å². The van der Waals surface area contributed by atoms with Gasteiger partial charge in [0.15, 0.2) is 18.9 Å². The van der Waals surface area contributed by atoms with E-state index in [2.05, 4.69) is 40.7 Å². The van der Waals surface area contributed by atoms with Gasteiger partial charge >= 0.3 is 5.97 Å². The molecule has 0 bridgehead atoms. The fourth-order valence-corrected chi connectivity index (χ4v) is 14.4. The molecule has 4 saturated heterocycles. The lowest BCUT2D eigenvalue weighted by molar-refractivity contribution is -0.369. The summed E-state index contributed by atoms with van der Waals surface area (Å²) in [5.74, 6) is -0.830. The first kappa shape index (κ1) is 50.9. The molecule has 7 fully saturated rings. The van der Waals surface area contributed by atoms with Crippen molar-refractivity contribution >= 4 is 5.97 Å². The molecule has 11 N–H and O–H groups in total. The molecular weight excluding hydrogens is 868 g/mol. The van der Waals surface area contributed by atoms with Crippen LogP contribution in [0.15, 0.2) is 11.6 Å². The van der Waals surface area contributed by atoms with Crippen LogP contribution < -0.4 is 0 Å². The van der Waals surface area contributed by atoms with E-state index >= 15 is 0 Å². The minimum Gasteiger partial charge on any atom is -0.461 e. The van der Waals surface area contributed by atoms with Crippen molar-refractivity contribution in [3.8, 4) is 0 Å². The Labute approximate surface area is 385 Å². The van der Waals surface area contributed by atoms with Crippen LogP contribution in [-0.2, 0) is 38.0 Å². The number of fused-ring (bicyclic) bond motifs is 5. The van der Waals surface area contributed by atoms with Gasteiger partial charge in [0, 0.05) is 12.3 Å². The average Bonchev–Trinajstić information content (AvgIpc) is 3.60. The maximum atomic E-state index is 14.0. The molecule has 0 aromatic heterocycles. The van der Waals surface area contributed by atoms with Crippen LogP contribution in [-0.4, -0.2) is 192 Å². The Morgan fingerprint density at radius 1 is 0.742 bits per heavy atom. The molecule has 378 valence electrons. The number of hydrogen-bond donors (Lipinski definition) is 11. The van der Waals surface area contributed by atoms with Crippen LogP contribution in [0.3, 0.4) is 0 Å². The molecule has 0 amide bonds. The first-order chi connectivity index (χ1) is 30.8. The van der Waals surface area contributed by atoms with Crippen molar-refractivity contribution in [2.24, 2.45) is 44.8 Å². The predicted molar refractivity (Wildman–Crippen MR) is 227 cm³/mol. The summed E-state index contributed by atoms with van der Waals surface area (Å²) in [5.41, 5.74) is -2.33. The third-order valence-corrected chi connectivity index (χ3v) is 18.9. The standard InChI is InChI=1S/C47H76O19/c1-19(20(2)61-39-35(57)33(55)31(53)26(17-48)63-39)25-16-47(42(59)64-25)14-13-45(7)22(37(47)58)9-10-28-44(6)15-23(49)38(43(4,5)27(44)11-12-46(28,45)8)66-41-36(30(52)24(50)18-60-41)65-40-34(56)32(54)29(51)21(3)62-40/h9,19-21,23-41,48-58H,10-18H2,1-8H3/t19-,20+,21-,23+,24+,25+,26+,27-,28+,29-,30-,31+,32+,33-,34+,35+,36+,37-,38-,39+,40-,41-,44-,45+,46+,47+/m0/s1. The summed E-state index contributed by atoms with van der Waals surface area (Å²) in [6, 6.07) is 0. The number of rotatable bonds is 9. The second-order valence-corrected chi connectivity index (χ2v) is 22.6. The highest BCUT2D eigenvalue weighted by atomic mass is 16.8. The zero-order chi connectivity index (χ0) is 48.4. The van der Waals surface area contributed by atoms with Gasteiger partial charge in [-0.3, -0.25) is 4.79 Å². The van der Waals surface area contributed by atoms with Gasteiger partial charge in [0.1, 0.15) is 72.6 Å². The Morgan fingerprint density at radius 3 is 2.09 bits per heavy atom. The van der Waals surface area contributed by atoms with Crippen molar-refractivity contribution in [2.75, 3.05) is 13.2 Å². The van der Waals surface area contributed by atoms with E-state index in [0.29, 0.717) is 25.7 Å². The predicted octanol–water partition coefficient (Wildman–Crippen LogP) is -0.874. The summed E-state index contributed by atoms with van der Waals surface area (Å²) in [5, 5.41) is 119. The monoisotopic (exact) mass is 944 g/mol. The topological polar surface area (TPSA) is 304 Å². The molecule has 4 heterocycles. The van der Waals surface area contributed by atoms with Gasteiger partial charge < -0.3 is 89.3 Å². The molecule has 0 aromatic rings. The third-order valence-electron chi connectivity index (χ3n) is 18.9. The van der Waals surface area contributed by atoms with E-state index in [0.717, 1.165) is 18.4 Å². The molecule has 0 unspecified atom stereocenters. The average molecular weight is 945 g/mol. The van der Waals surface area contributed by atoms with Gasteiger partial charge in [0.25, 0.3) is 0 Å². The van der Waals surface area contributed by atoms with Crippen molar-refractivity contribution in [1.29, 1.82) is 0 Å². The van der Waals surface area contributed by atoms with Crippen molar-refractivity contribution in [2.45, 2.75) is 217 Å². The van der Waals surface area contributed by atoms with Crippen molar-refractivity contribution in [3.63, 3.8) is 0 Å². The number of carbonyl (C=O) groups is 1. The van der Waals surface area contributed by atoms with Crippen LogP contribution in [0.5, 0.6) is 0 Å². The lowest BCUT2D eigenvalue weighted by atomic mass is 9.34. The van der Waals surface area contributed by atoms with Crippen molar-refractivity contribution in [3.05, 3.63) is 11.6 Å². The van der Waals surface area contributed by atoms with Crippen LogP contribution in [0.2, 0.25) is 0 Å². The number of aliphatic hydroxyl groups excluding tert-OH is 11. The van der Waals surface area contributed by atoms with E-state index in [1.807, 2.05) is 6.92 Å². The highest BCUT2D eigenvalue weighted by molar-refractivity contribution is 5.81. The zero-order valence-corrected chi connectivity index (χ0v) is 39.3. The summed E-state index contributed by atoms with van der Waals surface area (Å²) in [6.07, 6.45) is -18.3. The van der Waals surface area contributed by atoms with Crippen molar-refractivity contribution in [1.82, 2.24) is 0 Å². The lowest BCUT2D eigenvalue weighted by Gasteiger charge is -2.70. The molecule has 8 rings (SSSR count). The molecule has 19 nitrogen and oxygen atoms in total. The number of hydrogen-bond acceptors (Lipinski definition) is 19. The summed E-state index contributed by atoms with van der Waals surface area (Å²) in [6.45, 7) is 15.0. The molecule has 0 radical (unpaired) electrons. The van der Waals surface area contributed by atoms with E-state index in [1.54, 1.807) is 6.92 Å².